The van der Waals surface area contributed by atoms with Gasteiger partial charge in [-0.3, -0.25) is 4.79 Å². The minimum absolute atomic E-state index is 0.0129. The zero-order valence-electron chi connectivity index (χ0n) is 20.4. The van der Waals surface area contributed by atoms with Gasteiger partial charge in [0.05, 0.1) is 29.7 Å². The maximum Gasteiger partial charge on any atom is 0.433 e. The number of alkyl halides is 3. The second-order valence-corrected chi connectivity index (χ2v) is 9.55. The predicted octanol–water partition coefficient (Wildman–Crippen LogP) is 4.89. The minimum atomic E-state index is -4.58. The third-order valence-electron chi connectivity index (χ3n) is 5.68. The molecule has 2 N–H and O–H groups in total. The molecular weight excluding hydrogens is 491 g/mol. The number of halogens is 3. The average Bonchev–Trinajstić information content (AvgIpc) is 2.84. The van der Waals surface area contributed by atoms with Crippen molar-refractivity contribution in [2.24, 2.45) is 0 Å². The number of aromatic nitrogens is 1. The van der Waals surface area contributed by atoms with E-state index in [0.29, 0.717) is 29.0 Å². The Kier molecular flexibility index (Phi) is 8.86. The number of aryl methyl sites for hydroxylation is 1. The van der Waals surface area contributed by atoms with E-state index in [-0.39, 0.29) is 18.1 Å². The lowest BCUT2D eigenvalue weighted by atomic mass is 9.98. The van der Waals surface area contributed by atoms with Gasteiger partial charge in [-0.1, -0.05) is 42.0 Å². The molecule has 0 aliphatic carbocycles. The molecule has 0 bridgehead atoms. The summed E-state index contributed by atoms with van der Waals surface area (Å²) in [7, 11) is 0.335. The standard InChI is InChI=1S/C26H28F3N3O3S/c1-16-6-5-7-19(12-16)24-21(10-11-23(32-24)26(27,28)29)14-30-25(33)17(2)18-8-9-20(15-31-36(4)34)22(13-18)35-3/h5-13,17,31H,14-15H2,1-4H3,(H,30,33). The van der Waals surface area contributed by atoms with Crippen molar-refractivity contribution >= 4 is 16.9 Å². The van der Waals surface area contributed by atoms with Crippen LogP contribution in [0.25, 0.3) is 11.3 Å². The van der Waals surface area contributed by atoms with Gasteiger partial charge in [0.2, 0.25) is 5.91 Å². The second-order valence-electron chi connectivity index (χ2n) is 8.36. The number of hydrogen-bond donors (Lipinski definition) is 2. The highest BCUT2D eigenvalue weighted by atomic mass is 32.2. The fraction of sp³-hybridized carbons (Fsp3) is 0.308. The van der Waals surface area contributed by atoms with Crippen LogP contribution in [-0.2, 0) is 35.0 Å². The van der Waals surface area contributed by atoms with E-state index >= 15 is 0 Å². The van der Waals surface area contributed by atoms with E-state index in [1.54, 1.807) is 43.3 Å². The molecule has 0 radical (unpaired) electrons. The highest BCUT2D eigenvalue weighted by Gasteiger charge is 2.33. The minimum Gasteiger partial charge on any atom is -0.496 e. The molecule has 3 rings (SSSR count). The quantitative estimate of drug-likeness (QED) is 0.422. The third-order valence-corrected chi connectivity index (χ3v) is 6.23. The van der Waals surface area contributed by atoms with Crippen LogP contribution in [0.1, 0.15) is 40.8 Å². The fourth-order valence-corrected chi connectivity index (χ4v) is 4.03. The lowest BCUT2D eigenvalue weighted by molar-refractivity contribution is -0.141. The van der Waals surface area contributed by atoms with Crippen molar-refractivity contribution in [2.75, 3.05) is 13.4 Å². The van der Waals surface area contributed by atoms with Gasteiger partial charge in [-0.05, 0) is 43.2 Å². The van der Waals surface area contributed by atoms with E-state index in [1.807, 2.05) is 13.0 Å². The van der Waals surface area contributed by atoms with Crippen molar-refractivity contribution in [3.63, 3.8) is 0 Å². The van der Waals surface area contributed by atoms with Crippen LogP contribution in [0.2, 0.25) is 0 Å². The van der Waals surface area contributed by atoms with E-state index in [2.05, 4.69) is 15.0 Å². The second kappa shape index (κ2) is 11.7. The molecule has 36 heavy (non-hydrogen) atoms. The number of nitrogens with one attached hydrogen (secondary N) is 2. The molecule has 0 aliphatic rings. The molecule has 6 nitrogen and oxygen atoms in total. The maximum atomic E-state index is 13.3. The first-order chi connectivity index (χ1) is 17.0. The summed E-state index contributed by atoms with van der Waals surface area (Å²) in [6, 6.07) is 14.7. The Hall–Kier alpha value is -3.24. The van der Waals surface area contributed by atoms with Gasteiger partial charge in [0.15, 0.2) is 0 Å². The first-order valence-corrected chi connectivity index (χ1v) is 12.7. The molecule has 0 fully saturated rings. The Morgan fingerprint density at radius 1 is 1.08 bits per heavy atom. The summed E-state index contributed by atoms with van der Waals surface area (Å²) in [4.78, 5) is 16.8. The zero-order chi connectivity index (χ0) is 26.5. The van der Waals surface area contributed by atoms with Gasteiger partial charge >= 0.3 is 6.18 Å². The summed E-state index contributed by atoms with van der Waals surface area (Å²) in [5.74, 6) is -0.294. The number of carbonyl (C=O) groups excluding carboxylic acids is 1. The Balaban J connectivity index is 1.81. The summed E-state index contributed by atoms with van der Waals surface area (Å²) in [6.07, 6.45) is -3.05. The van der Waals surface area contributed by atoms with Gasteiger partial charge in [0, 0.05) is 30.5 Å². The van der Waals surface area contributed by atoms with Crippen LogP contribution < -0.4 is 14.8 Å². The van der Waals surface area contributed by atoms with E-state index in [9.17, 15) is 22.2 Å². The fourth-order valence-electron chi connectivity index (χ4n) is 3.67. The highest BCUT2D eigenvalue weighted by molar-refractivity contribution is 7.82. The Morgan fingerprint density at radius 2 is 1.81 bits per heavy atom. The number of amides is 1. The number of hydrogen-bond acceptors (Lipinski definition) is 4. The van der Waals surface area contributed by atoms with Gasteiger partial charge in [-0.25, -0.2) is 13.9 Å². The van der Waals surface area contributed by atoms with Crippen molar-refractivity contribution < 1.29 is 26.9 Å². The molecule has 0 spiro atoms. The summed E-state index contributed by atoms with van der Waals surface area (Å²) in [5.41, 5.74) is 2.58. The van der Waals surface area contributed by atoms with Gasteiger partial charge in [-0.15, -0.1) is 0 Å². The molecule has 0 saturated carbocycles. The zero-order valence-corrected chi connectivity index (χ0v) is 21.2. The van der Waals surface area contributed by atoms with Crippen molar-refractivity contribution in [3.05, 3.63) is 82.5 Å². The van der Waals surface area contributed by atoms with Crippen molar-refractivity contribution in [1.29, 1.82) is 0 Å². The smallest absolute Gasteiger partial charge is 0.433 e. The van der Waals surface area contributed by atoms with E-state index in [4.69, 9.17) is 4.74 Å². The normalized spacial score (nSPS) is 13.2. The molecule has 0 aliphatic heterocycles. The van der Waals surface area contributed by atoms with E-state index in [1.165, 1.54) is 19.4 Å². The largest absolute Gasteiger partial charge is 0.496 e. The summed E-state index contributed by atoms with van der Waals surface area (Å²) >= 11 is 0. The molecule has 1 aromatic heterocycles. The number of methoxy groups -OCH3 is 1. The van der Waals surface area contributed by atoms with E-state index < -0.39 is 28.8 Å². The Labute approximate surface area is 210 Å². The predicted molar refractivity (Wildman–Crippen MR) is 134 cm³/mol. The van der Waals surface area contributed by atoms with Gasteiger partial charge < -0.3 is 10.1 Å². The van der Waals surface area contributed by atoms with Crippen LogP contribution in [0.5, 0.6) is 5.75 Å². The number of carbonyl (C=O) groups is 1. The van der Waals surface area contributed by atoms with E-state index in [0.717, 1.165) is 17.2 Å². The van der Waals surface area contributed by atoms with Crippen LogP contribution in [0.3, 0.4) is 0 Å². The number of nitrogens with zero attached hydrogens (tertiary/aromatic N) is 1. The molecule has 10 heteroatoms. The molecule has 1 heterocycles. The molecule has 2 aromatic carbocycles. The van der Waals surface area contributed by atoms with Crippen LogP contribution in [0, 0.1) is 6.92 Å². The molecule has 1 amide bonds. The number of benzene rings is 2. The lowest BCUT2D eigenvalue weighted by Gasteiger charge is -2.17. The molecule has 192 valence electrons. The molecule has 0 saturated heterocycles. The summed E-state index contributed by atoms with van der Waals surface area (Å²) < 4.78 is 59.5. The highest BCUT2D eigenvalue weighted by Crippen LogP contribution is 2.32. The van der Waals surface area contributed by atoms with Gasteiger partial charge in [-0.2, -0.15) is 13.2 Å². The van der Waals surface area contributed by atoms with Crippen LogP contribution in [0.15, 0.2) is 54.6 Å². The third kappa shape index (κ3) is 6.92. The van der Waals surface area contributed by atoms with Crippen LogP contribution in [0.4, 0.5) is 13.2 Å². The molecule has 3 aromatic rings. The maximum absolute atomic E-state index is 13.3. The van der Waals surface area contributed by atoms with Crippen LogP contribution in [-0.4, -0.2) is 28.5 Å². The topological polar surface area (TPSA) is 80.3 Å². The Bertz CT molecular complexity index is 1260. The first kappa shape index (κ1) is 27.3. The van der Waals surface area contributed by atoms with Crippen molar-refractivity contribution in [2.45, 2.75) is 39.0 Å². The Morgan fingerprint density at radius 3 is 2.44 bits per heavy atom. The lowest BCUT2D eigenvalue weighted by Crippen LogP contribution is -2.28. The van der Waals surface area contributed by atoms with Gasteiger partial charge in [0.1, 0.15) is 11.4 Å². The van der Waals surface area contributed by atoms with Crippen molar-refractivity contribution in [1.82, 2.24) is 15.0 Å². The molecule has 2 atom stereocenters. The van der Waals surface area contributed by atoms with Crippen molar-refractivity contribution in [3.8, 4) is 17.0 Å². The number of pyridine rings is 1. The summed E-state index contributed by atoms with van der Waals surface area (Å²) in [5, 5.41) is 2.82. The van der Waals surface area contributed by atoms with Gasteiger partial charge in [0.25, 0.3) is 0 Å². The van der Waals surface area contributed by atoms with Crippen LogP contribution >= 0.6 is 0 Å². The first-order valence-electron chi connectivity index (χ1n) is 11.1. The number of ether oxygens (including phenoxy) is 1. The monoisotopic (exact) mass is 519 g/mol. The number of rotatable bonds is 9. The summed E-state index contributed by atoms with van der Waals surface area (Å²) in [6.45, 7) is 3.93. The average molecular weight is 520 g/mol. The molecule has 2 unspecified atom stereocenters. The SMILES string of the molecule is COc1cc(C(C)C(=O)NCc2ccc(C(F)(F)F)nc2-c2cccc(C)c2)ccc1CNS(C)=O. The molecular formula is C26H28F3N3O3S.